The number of aromatic nitrogens is 2. The number of fused-ring (bicyclic) bond motifs is 1. The number of imidazole rings is 1. The molecular weight excluding hydrogens is 290 g/mol. The second kappa shape index (κ2) is 5.38. The third-order valence-corrected chi connectivity index (χ3v) is 4.04. The highest BCUT2D eigenvalue weighted by atomic mass is 35.5. The number of halogens is 1. The average molecular weight is 306 g/mol. The van der Waals surface area contributed by atoms with E-state index in [1.54, 1.807) is 18.3 Å². The molecule has 0 saturated carbocycles. The number of aryl methyl sites for hydroxylation is 1. The van der Waals surface area contributed by atoms with Crippen LogP contribution in [-0.4, -0.2) is 22.0 Å². The van der Waals surface area contributed by atoms with Crippen molar-refractivity contribution in [3.05, 3.63) is 40.2 Å². The lowest BCUT2D eigenvalue weighted by atomic mass is 10.1. The second-order valence-electron chi connectivity index (χ2n) is 5.05. The minimum absolute atomic E-state index is 0.242. The van der Waals surface area contributed by atoms with Gasteiger partial charge in [-0.3, -0.25) is 10.1 Å². The number of rotatable bonds is 2. The van der Waals surface area contributed by atoms with Crippen LogP contribution in [0.25, 0.3) is 0 Å². The number of nitrogens with one attached hydrogen (secondary N) is 2. The van der Waals surface area contributed by atoms with Gasteiger partial charge in [0.2, 0.25) is 5.95 Å². The van der Waals surface area contributed by atoms with Crippen molar-refractivity contribution in [3.63, 3.8) is 0 Å². The minimum atomic E-state index is -0.242. The maximum absolute atomic E-state index is 12.3. The number of hydrogen-bond donors (Lipinski definition) is 3. The smallest absolute Gasteiger partial charge is 0.258 e. The van der Waals surface area contributed by atoms with Crippen molar-refractivity contribution >= 4 is 29.1 Å². The highest BCUT2D eigenvalue weighted by Gasteiger charge is 2.17. The van der Waals surface area contributed by atoms with E-state index in [4.69, 9.17) is 17.3 Å². The molecule has 2 aromatic rings. The lowest BCUT2D eigenvalue weighted by molar-refractivity contribution is 0.102. The maximum atomic E-state index is 12.3. The maximum Gasteiger partial charge on any atom is 0.258 e. The summed E-state index contributed by atoms with van der Waals surface area (Å²) in [6.45, 7) is 4.22. The first-order valence-electron chi connectivity index (χ1n) is 6.68. The highest BCUT2D eigenvalue weighted by molar-refractivity contribution is 6.34. The predicted octanol–water partition coefficient (Wildman–Crippen LogP) is 1.78. The zero-order valence-electron chi connectivity index (χ0n) is 11.6. The van der Waals surface area contributed by atoms with Gasteiger partial charge in [0.15, 0.2) is 0 Å². The van der Waals surface area contributed by atoms with Crippen LogP contribution in [0.4, 0.5) is 11.6 Å². The molecule has 0 saturated heterocycles. The van der Waals surface area contributed by atoms with Crippen LogP contribution in [0.2, 0.25) is 5.02 Å². The van der Waals surface area contributed by atoms with Gasteiger partial charge in [-0.05, 0) is 24.6 Å². The molecule has 1 amide bonds. The molecule has 110 valence electrons. The Morgan fingerprint density at radius 3 is 3.10 bits per heavy atom. The van der Waals surface area contributed by atoms with Gasteiger partial charge in [0.25, 0.3) is 5.91 Å². The molecule has 21 heavy (non-hydrogen) atoms. The van der Waals surface area contributed by atoms with Crippen LogP contribution in [0.5, 0.6) is 0 Å². The van der Waals surface area contributed by atoms with Crippen LogP contribution < -0.4 is 16.4 Å². The van der Waals surface area contributed by atoms with Gasteiger partial charge in [-0.25, -0.2) is 4.98 Å². The first kappa shape index (κ1) is 13.9. The van der Waals surface area contributed by atoms with E-state index in [-0.39, 0.29) is 5.91 Å². The van der Waals surface area contributed by atoms with E-state index in [0.29, 0.717) is 22.2 Å². The first-order chi connectivity index (χ1) is 10.1. The van der Waals surface area contributed by atoms with E-state index < -0.39 is 0 Å². The summed E-state index contributed by atoms with van der Waals surface area (Å²) in [5, 5.41) is 6.56. The van der Waals surface area contributed by atoms with Crippen LogP contribution in [0.1, 0.15) is 21.6 Å². The van der Waals surface area contributed by atoms with Gasteiger partial charge in [0.05, 0.1) is 22.6 Å². The Balaban J connectivity index is 1.85. The number of carbonyl (C=O) groups excluding carboxylic acids is 1. The normalized spacial score (nSPS) is 13.8. The van der Waals surface area contributed by atoms with Crippen LogP contribution in [-0.2, 0) is 13.1 Å². The molecule has 0 bridgehead atoms. The summed E-state index contributed by atoms with van der Waals surface area (Å²) < 4.78 is 2.00. The van der Waals surface area contributed by atoms with E-state index in [1.165, 1.54) is 0 Å². The number of amides is 1. The molecule has 1 aromatic heterocycles. The zero-order valence-corrected chi connectivity index (χ0v) is 12.4. The number of nitrogens with zero attached hydrogens (tertiary/aromatic N) is 2. The van der Waals surface area contributed by atoms with Crippen molar-refractivity contribution in [2.45, 2.75) is 20.0 Å². The molecular formula is C14H16ClN5O. The molecule has 0 radical (unpaired) electrons. The lowest BCUT2D eigenvalue weighted by Crippen LogP contribution is -2.29. The van der Waals surface area contributed by atoms with Crippen LogP contribution in [0.3, 0.4) is 0 Å². The standard InChI is InChI=1S/C14H16ClN5O/c1-8-4-9(5-11(16)12(8)15)13(21)19-14-18-7-10-6-17-2-3-20(10)14/h4-5,7,17H,2-3,6,16H2,1H3,(H,18,19,21). The molecule has 3 rings (SSSR count). The fourth-order valence-electron chi connectivity index (χ4n) is 2.41. The monoisotopic (exact) mass is 305 g/mol. The first-order valence-corrected chi connectivity index (χ1v) is 7.06. The van der Waals surface area contributed by atoms with Gasteiger partial charge < -0.3 is 15.6 Å². The van der Waals surface area contributed by atoms with Gasteiger partial charge in [0, 0.05) is 25.2 Å². The van der Waals surface area contributed by atoms with E-state index in [2.05, 4.69) is 15.6 Å². The number of carbonyl (C=O) groups is 1. The van der Waals surface area contributed by atoms with Crippen molar-refractivity contribution < 1.29 is 4.79 Å². The number of nitrogens with two attached hydrogens (primary N) is 1. The van der Waals surface area contributed by atoms with E-state index in [0.717, 1.165) is 30.9 Å². The molecule has 0 atom stereocenters. The molecule has 1 aliphatic heterocycles. The summed E-state index contributed by atoms with van der Waals surface area (Å²) in [6.07, 6.45) is 1.77. The summed E-state index contributed by atoms with van der Waals surface area (Å²) in [5.74, 6) is 0.316. The lowest BCUT2D eigenvalue weighted by Gasteiger charge is -2.17. The number of benzene rings is 1. The fourth-order valence-corrected chi connectivity index (χ4v) is 2.52. The minimum Gasteiger partial charge on any atom is -0.397 e. The molecule has 0 spiro atoms. The van der Waals surface area contributed by atoms with Gasteiger partial charge in [-0.1, -0.05) is 11.6 Å². The van der Waals surface area contributed by atoms with Gasteiger partial charge in [0.1, 0.15) is 0 Å². The van der Waals surface area contributed by atoms with E-state index in [9.17, 15) is 4.79 Å². The third kappa shape index (κ3) is 2.59. The van der Waals surface area contributed by atoms with Gasteiger partial charge in [-0.2, -0.15) is 0 Å². The van der Waals surface area contributed by atoms with Gasteiger partial charge >= 0.3 is 0 Å². The van der Waals surface area contributed by atoms with E-state index in [1.807, 2.05) is 11.5 Å². The Kier molecular flexibility index (Phi) is 3.57. The van der Waals surface area contributed by atoms with Gasteiger partial charge in [-0.15, -0.1) is 0 Å². The summed E-state index contributed by atoms with van der Waals surface area (Å²) in [4.78, 5) is 16.6. The SMILES string of the molecule is Cc1cc(C(=O)Nc2ncc3n2CCNC3)cc(N)c1Cl. The zero-order chi connectivity index (χ0) is 15.0. The van der Waals surface area contributed by atoms with Crippen LogP contribution in [0.15, 0.2) is 18.3 Å². The summed E-state index contributed by atoms with van der Waals surface area (Å²) in [7, 11) is 0. The Hall–Kier alpha value is -2.05. The molecule has 6 nitrogen and oxygen atoms in total. The Labute approximate surface area is 127 Å². The van der Waals surface area contributed by atoms with E-state index >= 15 is 0 Å². The molecule has 4 N–H and O–H groups in total. The number of anilines is 2. The van der Waals surface area contributed by atoms with Crippen molar-refractivity contribution in [1.82, 2.24) is 14.9 Å². The molecule has 1 aromatic carbocycles. The van der Waals surface area contributed by atoms with Crippen molar-refractivity contribution in [2.75, 3.05) is 17.6 Å². The summed E-state index contributed by atoms with van der Waals surface area (Å²) >= 11 is 6.01. The van der Waals surface area contributed by atoms with Crippen molar-refractivity contribution in [1.29, 1.82) is 0 Å². The average Bonchev–Trinajstić information content (AvgIpc) is 2.87. The molecule has 7 heteroatoms. The van der Waals surface area contributed by atoms with Crippen molar-refractivity contribution in [2.24, 2.45) is 0 Å². The summed E-state index contributed by atoms with van der Waals surface area (Å²) in [6, 6.07) is 3.29. The highest BCUT2D eigenvalue weighted by Crippen LogP contribution is 2.25. The summed E-state index contributed by atoms with van der Waals surface area (Å²) in [5.41, 5.74) is 8.51. The Morgan fingerprint density at radius 2 is 2.33 bits per heavy atom. The van der Waals surface area contributed by atoms with Crippen LogP contribution >= 0.6 is 11.6 Å². The molecule has 1 aliphatic rings. The molecule has 0 unspecified atom stereocenters. The number of nitrogen functional groups attached to an aromatic ring is 1. The number of hydrogen-bond acceptors (Lipinski definition) is 4. The second-order valence-corrected chi connectivity index (χ2v) is 5.43. The molecule has 0 fully saturated rings. The topological polar surface area (TPSA) is 85.0 Å². The predicted molar refractivity (Wildman–Crippen MR) is 82.5 cm³/mol. The third-order valence-electron chi connectivity index (χ3n) is 3.53. The molecule has 2 heterocycles. The Morgan fingerprint density at radius 1 is 1.52 bits per heavy atom. The van der Waals surface area contributed by atoms with Crippen molar-refractivity contribution in [3.8, 4) is 0 Å². The molecule has 0 aliphatic carbocycles. The Bertz CT molecular complexity index is 686. The largest absolute Gasteiger partial charge is 0.397 e. The quantitative estimate of drug-likeness (QED) is 0.738. The van der Waals surface area contributed by atoms with Crippen LogP contribution in [0, 0.1) is 6.92 Å². The fraction of sp³-hybridized carbons (Fsp3) is 0.286.